The molecule has 0 saturated heterocycles. The molecule has 0 aliphatic carbocycles. The topological polar surface area (TPSA) is 137 Å². The van der Waals surface area contributed by atoms with Crippen molar-refractivity contribution in [1.29, 1.82) is 0 Å². The highest BCUT2D eigenvalue weighted by atomic mass is 18.2. The maximum atomic E-state index is 13.2. The number of fused-ring (bicyclic) bond motifs is 2. The molecule has 0 spiro atoms. The number of hydrogen-bond acceptors (Lipinski definition) is 6. The molecular formula is C28H32FN3O6. The molecule has 5 N–H and O–H groups in total. The highest BCUT2D eigenvalue weighted by Gasteiger charge is 2.24. The number of phenols is 2. The van der Waals surface area contributed by atoms with Crippen molar-refractivity contribution < 1.29 is 33.7 Å². The Bertz CT molecular complexity index is 1380. The third-order valence-corrected chi connectivity index (χ3v) is 6.34. The summed E-state index contributed by atoms with van der Waals surface area (Å²) >= 11 is 0. The number of benzene rings is 2. The number of ketones is 1. The monoisotopic (exact) mass is 524 g/mol. The van der Waals surface area contributed by atoms with Crippen molar-refractivity contribution in [3.05, 3.63) is 59.9 Å². The first-order valence-corrected chi connectivity index (χ1v) is 12.5. The number of amides is 1. The second-order valence-corrected chi connectivity index (χ2v) is 9.11. The molecule has 0 aliphatic heterocycles. The van der Waals surface area contributed by atoms with Crippen LogP contribution in [0.4, 0.5) is 4.39 Å². The fraction of sp³-hybridized carbons (Fsp3) is 0.357. The van der Waals surface area contributed by atoms with Gasteiger partial charge in [0.15, 0.2) is 0 Å². The number of halogens is 1. The molecular weight excluding hydrogens is 492 g/mol. The SMILES string of the molecule is O=C(Cc1c[nH]c2ccc(O)cc12)C[C@@H](Cc1c[nH]c2ccc(O)cc12)C(=O)NCCOCCOCC[18F]. The lowest BCUT2D eigenvalue weighted by Gasteiger charge is -2.16. The summed E-state index contributed by atoms with van der Waals surface area (Å²) in [7, 11) is 0. The van der Waals surface area contributed by atoms with E-state index in [9.17, 15) is 24.2 Å². The van der Waals surface area contributed by atoms with Crippen LogP contribution in [-0.4, -0.2) is 71.5 Å². The number of alkyl halides is 1. The van der Waals surface area contributed by atoms with Crippen LogP contribution in [0.15, 0.2) is 48.8 Å². The van der Waals surface area contributed by atoms with Gasteiger partial charge in [-0.25, -0.2) is 4.39 Å². The minimum absolute atomic E-state index is 0.0146. The second kappa shape index (κ2) is 13.1. The Morgan fingerprint density at radius 1 is 0.868 bits per heavy atom. The number of carbonyl (C=O) groups is 2. The summed E-state index contributed by atoms with van der Waals surface area (Å²) in [6.45, 7) is 0.551. The molecule has 0 fully saturated rings. The molecule has 10 heteroatoms. The quantitative estimate of drug-likeness (QED) is 0.151. The number of nitrogens with one attached hydrogen (secondary N) is 3. The van der Waals surface area contributed by atoms with Crippen molar-refractivity contribution in [2.24, 2.45) is 5.92 Å². The summed E-state index contributed by atoms with van der Waals surface area (Å²) in [5.74, 6) is -0.803. The summed E-state index contributed by atoms with van der Waals surface area (Å²) < 4.78 is 22.5. The maximum absolute atomic E-state index is 13.2. The van der Waals surface area contributed by atoms with Gasteiger partial charge in [0.05, 0.1) is 26.4 Å². The smallest absolute Gasteiger partial charge is 0.223 e. The Labute approximate surface area is 219 Å². The Hall–Kier alpha value is -3.89. The third-order valence-electron chi connectivity index (χ3n) is 6.34. The van der Waals surface area contributed by atoms with Crippen molar-refractivity contribution >= 4 is 33.5 Å². The summed E-state index contributed by atoms with van der Waals surface area (Å²) in [6, 6.07) is 9.91. The molecule has 0 aliphatic rings. The van der Waals surface area contributed by atoms with E-state index in [1.165, 1.54) is 0 Å². The molecule has 2 heterocycles. The number of aromatic hydroxyl groups is 2. The zero-order chi connectivity index (χ0) is 26.9. The molecule has 1 atom stereocenters. The van der Waals surface area contributed by atoms with E-state index in [-0.39, 0.29) is 69.0 Å². The number of hydrogen-bond donors (Lipinski definition) is 5. The van der Waals surface area contributed by atoms with Crippen LogP contribution in [0.5, 0.6) is 11.5 Å². The van der Waals surface area contributed by atoms with Crippen molar-refractivity contribution in [2.75, 3.05) is 39.6 Å². The zero-order valence-electron chi connectivity index (χ0n) is 21.0. The lowest BCUT2D eigenvalue weighted by Crippen LogP contribution is -2.35. The Balaban J connectivity index is 1.41. The lowest BCUT2D eigenvalue weighted by atomic mass is 9.91. The van der Waals surface area contributed by atoms with E-state index in [0.29, 0.717) is 6.42 Å². The first-order chi connectivity index (χ1) is 18.4. The summed E-state index contributed by atoms with van der Waals surface area (Å²) in [4.78, 5) is 32.5. The number of carbonyl (C=O) groups excluding carboxylic acids is 2. The molecule has 0 radical (unpaired) electrons. The molecule has 0 saturated carbocycles. The molecule has 202 valence electrons. The van der Waals surface area contributed by atoms with E-state index in [2.05, 4.69) is 15.3 Å². The van der Waals surface area contributed by atoms with Gasteiger partial charge in [0.25, 0.3) is 0 Å². The average molecular weight is 525 g/mol. The van der Waals surface area contributed by atoms with Crippen LogP contribution in [0.25, 0.3) is 21.8 Å². The molecule has 0 unspecified atom stereocenters. The average Bonchev–Trinajstić information content (AvgIpc) is 3.48. The van der Waals surface area contributed by atoms with Crippen LogP contribution in [-0.2, 0) is 31.9 Å². The van der Waals surface area contributed by atoms with E-state index in [4.69, 9.17) is 9.47 Å². The minimum Gasteiger partial charge on any atom is -0.508 e. The van der Waals surface area contributed by atoms with Gasteiger partial charge in [0.2, 0.25) is 5.91 Å². The molecule has 4 aromatic rings. The predicted molar refractivity (Wildman–Crippen MR) is 141 cm³/mol. The van der Waals surface area contributed by atoms with Gasteiger partial charge >= 0.3 is 0 Å². The number of rotatable bonds is 15. The highest BCUT2D eigenvalue weighted by Crippen LogP contribution is 2.27. The van der Waals surface area contributed by atoms with Crippen molar-refractivity contribution in [1.82, 2.24) is 15.3 Å². The van der Waals surface area contributed by atoms with Crippen LogP contribution >= 0.6 is 0 Å². The maximum Gasteiger partial charge on any atom is 0.223 e. The van der Waals surface area contributed by atoms with Gasteiger partial charge in [-0.15, -0.1) is 0 Å². The highest BCUT2D eigenvalue weighted by molar-refractivity contribution is 5.93. The standard InChI is InChI=1S/C28H32FN3O6/c29-5-7-37-9-10-38-8-6-30-28(36)18(11-19-16-31-26-3-1-21(33)14-24(19)26)12-23(35)13-20-17-32-27-4-2-22(34)15-25(20)27/h1-4,14-18,31-34H,5-13H2,(H,30,36)/t18-/m1/s1/i29-1. The number of H-pyrrole nitrogens is 2. The van der Waals surface area contributed by atoms with E-state index < -0.39 is 12.6 Å². The zero-order valence-corrected chi connectivity index (χ0v) is 21.0. The minimum atomic E-state index is -0.643. The Morgan fingerprint density at radius 2 is 1.47 bits per heavy atom. The largest absolute Gasteiger partial charge is 0.508 e. The van der Waals surface area contributed by atoms with Gasteiger partial charge in [0, 0.05) is 59.5 Å². The predicted octanol–water partition coefficient (Wildman–Crippen LogP) is 3.54. The number of aromatic amines is 2. The van der Waals surface area contributed by atoms with Crippen LogP contribution in [0, 0.1) is 5.92 Å². The van der Waals surface area contributed by atoms with Crippen LogP contribution < -0.4 is 5.32 Å². The second-order valence-electron chi connectivity index (χ2n) is 9.11. The fourth-order valence-corrected chi connectivity index (χ4v) is 4.50. The van der Waals surface area contributed by atoms with Gasteiger partial charge < -0.3 is 35.0 Å². The molecule has 2 aromatic carbocycles. The Morgan fingerprint density at radius 3 is 2.13 bits per heavy atom. The lowest BCUT2D eigenvalue weighted by molar-refractivity contribution is -0.129. The molecule has 38 heavy (non-hydrogen) atoms. The van der Waals surface area contributed by atoms with E-state index in [1.54, 1.807) is 48.8 Å². The fourth-order valence-electron chi connectivity index (χ4n) is 4.50. The van der Waals surface area contributed by atoms with E-state index >= 15 is 0 Å². The van der Waals surface area contributed by atoms with Crippen LogP contribution in [0.2, 0.25) is 0 Å². The van der Waals surface area contributed by atoms with Gasteiger partial charge in [-0.05, 0) is 53.9 Å². The molecule has 4 rings (SSSR count). The normalized spacial score (nSPS) is 12.2. The van der Waals surface area contributed by atoms with Crippen LogP contribution in [0.1, 0.15) is 17.5 Å². The number of aromatic nitrogens is 2. The molecule has 1 amide bonds. The van der Waals surface area contributed by atoms with Crippen LogP contribution in [0.3, 0.4) is 0 Å². The first kappa shape index (κ1) is 27.2. The number of ether oxygens (including phenoxy) is 2. The number of Topliss-reactive ketones (excluding diaryl/α,β-unsaturated/α-hetero) is 1. The van der Waals surface area contributed by atoms with Gasteiger partial charge in [0.1, 0.15) is 24.0 Å². The Kier molecular flexibility index (Phi) is 9.34. The molecule has 9 nitrogen and oxygen atoms in total. The molecule has 0 bridgehead atoms. The van der Waals surface area contributed by atoms with Crippen molar-refractivity contribution in [3.63, 3.8) is 0 Å². The molecule has 2 aromatic heterocycles. The first-order valence-electron chi connectivity index (χ1n) is 12.5. The number of phenolic OH excluding ortho intramolecular Hbond substituents is 2. The van der Waals surface area contributed by atoms with Crippen molar-refractivity contribution in [3.8, 4) is 11.5 Å². The van der Waals surface area contributed by atoms with Gasteiger partial charge in [-0.1, -0.05) is 0 Å². The van der Waals surface area contributed by atoms with E-state index in [1.807, 2.05) is 0 Å². The summed E-state index contributed by atoms with van der Waals surface area (Å²) in [5.41, 5.74) is 3.21. The summed E-state index contributed by atoms with van der Waals surface area (Å²) in [6.07, 6.45) is 3.96. The van der Waals surface area contributed by atoms with E-state index in [0.717, 1.165) is 32.9 Å². The van der Waals surface area contributed by atoms with Gasteiger partial charge in [-0.2, -0.15) is 0 Å². The summed E-state index contributed by atoms with van der Waals surface area (Å²) in [5, 5.41) is 24.2. The third kappa shape index (κ3) is 7.11. The van der Waals surface area contributed by atoms with Crippen molar-refractivity contribution in [2.45, 2.75) is 19.3 Å². The van der Waals surface area contributed by atoms with Gasteiger partial charge in [-0.3, -0.25) is 9.59 Å².